The molecule has 2 fully saturated rings. The maximum absolute atomic E-state index is 12.7. The molecule has 0 bridgehead atoms. The fraction of sp³-hybridized carbons (Fsp3) is 1.00. The Morgan fingerprint density at radius 1 is 1.14 bits per heavy atom. The monoisotopic (exact) mass is 440 g/mol. The minimum atomic E-state index is -3.90. The van der Waals surface area contributed by atoms with Crippen molar-refractivity contribution in [1.82, 2.24) is 0 Å². The maximum Gasteiger partial charge on any atom is 0.386 e. The lowest BCUT2D eigenvalue weighted by atomic mass is 10.0. The Hall–Kier alpha value is 0.340. The van der Waals surface area contributed by atoms with Crippen LogP contribution in [0.2, 0.25) is 0 Å². The van der Waals surface area contributed by atoms with Crippen LogP contribution in [0, 0.1) is 11.8 Å². The van der Waals surface area contributed by atoms with Crippen molar-refractivity contribution in [3.05, 3.63) is 0 Å². The summed E-state index contributed by atoms with van der Waals surface area (Å²) in [7, 11) is 0. The molecule has 0 aromatic rings. The molecule has 7 nitrogen and oxygen atoms in total. The molecule has 1 saturated heterocycles. The van der Waals surface area contributed by atoms with E-state index in [4.69, 9.17) is 18.7 Å². The molecule has 2 aliphatic rings. The molecule has 1 aliphatic heterocycles. The zero-order chi connectivity index (χ0) is 21.1. The number of ether oxygens (including phenoxy) is 3. The number of aliphatic hydroxyl groups is 1. The molecule has 166 valence electrons. The van der Waals surface area contributed by atoms with Crippen molar-refractivity contribution >= 4 is 18.2 Å². The summed E-state index contributed by atoms with van der Waals surface area (Å²) in [4.78, 5) is 10.4. The van der Waals surface area contributed by atoms with Gasteiger partial charge < -0.3 is 28.7 Å². The van der Waals surface area contributed by atoms with Crippen LogP contribution in [-0.2, 0) is 23.3 Å². The van der Waals surface area contributed by atoms with Crippen molar-refractivity contribution in [2.45, 2.75) is 96.3 Å². The van der Waals surface area contributed by atoms with E-state index in [1.807, 2.05) is 41.5 Å². The van der Waals surface area contributed by atoms with E-state index in [2.05, 4.69) is 0 Å². The maximum atomic E-state index is 12.7. The summed E-state index contributed by atoms with van der Waals surface area (Å²) in [5.74, 6) is -0.234. The first-order valence-electron chi connectivity index (χ1n) is 10.2. The fourth-order valence-corrected chi connectivity index (χ4v) is 7.34. The quantitative estimate of drug-likeness (QED) is 0.498. The zero-order valence-corrected chi connectivity index (χ0v) is 19.5. The third-order valence-electron chi connectivity index (χ3n) is 5.23. The summed E-state index contributed by atoms with van der Waals surface area (Å²) in [6, 6.07) is 0. The molecular formula is C19H37O7PS. The first-order valence-corrected chi connectivity index (χ1v) is 13.3. The Morgan fingerprint density at radius 2 is 1.82 bits per heavy atom. The summed E-state index contributed by atoms with van der Waals surface area (Å²) in [6.45, 7) is 8.20. The lowest BCUT2D eigenvalue weighted by Gasteiger charge is -2.26. The van der Waals surface area contributed by atoms with Gasteiger partial charge in [0.05, 0.1) is 49.8 Å². The van der Waals surface area contributed by atoms with Crippen LogP contribution in [0.4, 0.5) is 0 Å². The van der Waals surface area contributed by atoms with Crippen molar-refractivity contribution in [1.29, 1.82) is 0 Å². The summed E-state index contributed by atoms with van der Waals surface area (Å²) in [5, 5.41) is 10.3. The second kappa shape index (κ2) is 10.6. The topological polar surface area (TPSA) is 94.5 Å². The van der Waals surface area contributed by atoms with E-state index in [0.717, 1.165) is 17.8 Å². The molecule has 4 unspecified atom stereocenters. The van der Waals surface area contributed by atoms with Crippen LogP contribution >= 0.6 is 18.2 Å². The lowest BCUT2D eigenvalue weighted by Crippen LogP contribution is -2.32. The number of rotatable bonds is 10. The minimum absolute atomic E-state index is 0.0000371. The van der Waals surface area contributed by atoms with Crippen LogP contribution < -0.4 is 0 Å². The van der Waals surface area contributed by atoms with E-state index < -0.39 is 12.9 Å². The van der Waals surface area contributed by atoms with Gasteiger partial charge in [-0.15, -0.1) is 0 Å². The highest BCUT2D eigenvalue weighted by molar-refractivity contribution is 8.55. The van der Waals surface area contributed by atoms with Gasteiger partial charge in [0, 0.05) is 11.2 Å². The van der Waals surface area contributed by atoms with Gasteiger partial charge in [-0.2, -0.15) is 0 Å². The van der Waals surface area contributed by atoms with E-state index in [1.165, 1.54) is 0 Å². The van der Waals surface area contributed by atoms with Gasteiger partial charge in [0.15, 0.2) is 0 Å². The summed E-state index contributed by atoms with van der Waals surface area (Å²) >= 11 is 0.935. The highest BCUT2D eigenvalue weighted by Crippen LogP contribution is 2.60. The molecule has 1 heterocycles. The van der Waals surface area contributed by atoms with Crippen LogP contribution in [0.3, 0.4) is 0 Å². The van der Waals surface area contributed by atoms with E-state index in [9.17, 15) is 14.6 Å². The van der Waals surface area contributed by atoms with Gasteiger partial charge in [-0.05, 0) is 64.8 Å². The zero-order valence-electron chi connectivity index (χ0n) is 17.8. The van der Waals surface area contributed by atoms with Crippen LogP contribution in [0.25, 0.3) is 0 Å². The third kappa shape index (κ3) is 7.24. The molecule has 2 N–H and O–H groups in total. The molecule has 0 spiro atoms. The van der Waals surface area contributed by atoms with E-state index >= 15 is 0 Å². The average Bonchev–Trinajstić information content (AvgIpc) is 3.02. The number of hydrogen-bond acceptors (Lipinski definition) is 7. The molecule has 0 radical (unpaired) electrons. The summed E-state index contributed by atoms with van der Waals surface area (Å²) in [6.07, 6.45) is 0.504. The Bertz CT molecular complexity index is 530. The third-order valence-corrected chi connectivity index (χ3v) is 8.67. The van der Waals surface area contributed by atoms with Crippen LogP contribution in [-0.4, -0.2) is 65.1 Å². The van der Waals surface area contributed by atoms with Crippen molar-refractivity contribution in [2.24, 2.45) is 11.8 Å². The summed E-state index contributed by atoms with van der Waals surface area (Å²) < 4.78 is 35.5. The van der Waals surface area contributed by atoms with Gasteiger partial charge >= 0.3 is 6.80 Å². The van der Waals surface area contributed by atoms with Crippen LogP contribution in [0.1, 0.15) is 54.4 Å². The number of aliphatic hydroxyl groups excluding tert-OH is 1. The Labute approximate surface area is 173 Å². The van der Waals surface area contributed by atoms with Gasteiger partial charge in [0.25, 0.3) is 0 Å². The highest BCUT2D eigenvalue weighted by Gasteiger charge is 2.44. The lowest BCUT2D eigenvalue weighted by molar-refractivity contribution is -0.0435. The molecule has 1 saturated carbocycles. The van der Waals surface area contributed by atoms with Crippen molar-refractivity contribution < 1.29 is 33.3 Å². The Balaban J connectivity index is 1.92. The van der Waals surface area contributed by atoms with Crippen LogP contribution in [0.5, 0.6) is 0 Å². The molecular weight excluding hydrogens is 403 g/mol. The van der Waals surface area contributed by atoms with E-state index in [0.29, 0.717) is 13.0 Å². The Kier molecular flexibility index (Phi) is 9.30. The molecule has 9 heteroatoms. The summed E-state index contributed by atoms with van der Waals surface area (Å²) in [5.41, 5.74) is 0. The fourth-order valence-electron chi connectivity index (χ4n) is 3.88. The van der Waals surface area contributed by atoms with E-state index in [1.54, 1.807) is 0 Å². The molecule has 0 aromatic carbocycles. The van der Waals surface area contributed by atoms with Gasteiger partial charge in [-0.25, -0.2) is 4.57 Å². The second-order valence-electron chi connectivity index (χ2n) is 8.60. The molecule has 0 aromatic heterocycles. The molecule has 8 atom stereocenters. The molecule has 0 amide bonds. The van der Waals surface area contributed by atoms with Crippen molar-refractivity contribution in [3.8, 4) is 0 Å². The van der Waals surface area contributed by atoms with Gasteiger partial charge in [-0.1, -0.05) is 6.92 Å². The first kappa shape index (κ1) is 24.6. The van der Waals surface area contributed by atoms with E-state index in [-0.39, 0.29) is 54.2 Å². The standard InChI is InChI=1S/C19H37O7PS/c1-11(2)23-10-17-18(8-14(6)26-17)28-27(21,22)24-9-15-16(25-12(3)4)7-13(5)19(15)20/h11-20H,7-10H2,1-6H3,(H,21,22)/t13-,14-,15+,16?,17+,18?,19?/m0/s1. The van der Waals surface area contributed by atoms with Crippen molar-refractivity contribution in [3.63, 3.8) is 0 Å². The smallest absolute Gasteiger partial charge is 0.386 e. The second-order valence-corrected chi connectivity index (χ2v) is 12.6. The van der Waals surface area contributed by atoms with Gasteiger partial charge in [-0.3, -0.25) is 0 Å². The normalized spacial score (nSPS) is 38.4. The number of hydrogen-bond donors (Lipinski definition) is 2. The average molecular weight is 441 g/mol. The van der Waals surface area contributed by atoms with Gasteiger partial charge in [0.1, 0.15) is 0 Å². The Morgan fingerprint density at radius 3 is 2.43 bits per heavy atom. The molecule has 2 rings (SSSR count). The molecule has 28 heavy (non-hydrogen) atoms. The predicted molar refractivity (Wildman–Crippen MR) is 110 cm³/mol. The van der Waals surface area contributed by atoms with Crippen molar-refractivity contribution in [2.75, 3.05) is 13.2 Å². The first-order chi connectivity index (χ1) is 13.0. The molecule has 1 aliphatic carbocycles. The largest absolute Gasteiger partial charge is 0.392 e. The van der Waals surface area contributed by atoms with Gasteiger partial charge in [0.2, 0.25) is 0 Å². The SMILES string of the molecule is CC(C)OC[C@H]1O[C@@H](C)CC1SP(=O)(O)OC[C@@H]1C(OC(C)C)C[C@H](C)C1O. The minimum Gasteiger partial charge on any atom is -0.392 e. The van der Waals surface area contributed by atoms with Crippen LogP contribution in [0.15, 0.2) is 0 Å². The predicted octanol–water partition coefficient (Wildman–Crippen LogP) is 3.62. The highest BCUT2D eigenvalue weighted by atomic mass is 32.7.